The quantitative estimate of drug-likeness (QED) is 0.222. The van der Waals surface area contributed by atoms with E-state index in [2.05, 4.69) is 81.0 Å². The van der Waals surface area contributed by atoms with Gasteiger partial charge in [-0.2, -0.15) is 25.8 Å². The minimum Gasteiger partial charge on any atom is -0.753 e. The van der Waals surface area contributed by atoms with E-state index in [9.17, 15) is 0 Å². The van der Waals surface area contributed by atoms with Crippen LogP contribution in [-0.4, -0.2) is 25.8 Å². The fraction of sp³-hybridized carbons (Fsp3) is 0. The molecule has 15 heteroatoms. The Hall–Kier alpha value is -3.10. The van der Waals surface area contributed by atoms with Gasteiger partial charge in [0, 0.05) is 41.3 Å². The van der Waals surface area contributed by atoms with Crippen LogP contribution in [0.25, 0.3) is 27.0 Å². The van der Waals surface area contributed by atoms with Crippen LogP contribution in [0.5, 0.6) is 0 Å². The molecule has 1 radical (unpaired) electrons. The number of rotatable bonds is 0. The van der Waals surface area contributed by atoms with Crippen molar-refractivity contribution in [3.05, 3.63) is 113 Å². The largest absolute Gasteiger partial charge is 0.753 e. The third-order valence-electron chi connectivity index (χ3n) is 1.77. The average molecular weight is 588 g/mol. The molecule has 0 aliphatic rings. The van der Waals surface area contributed by atoms with Gasteiger partial charge in [0.15, 0.2) is 24.8 Å². The fourth-order valence-corrected chi connectivity index (χ4v) is 0.987. The molecule has 0 aliphatic heterocycles. The van der Waals surface area contributed by atoms with Crippen LogP contribution in [0.1, 0.15) is 0 Å². The maximum absolute atomic E-state index is 7.13. The molecule has 0 unspecified atom stereocenters. The molecule has 34 heavy (non-hydrogen) atoms. The predicted octanol–water partition coefficient (Wildman–Crippen LogP) is 3.61. The Labute approximate surface area is 235 Å². The molecule has 3 aromatic heterocycles. The SMILES string of the molecule is [Mn].[N-]=C=S.[N-]=C=S.[N-]=C=S.[N-]=C=S.[N-]=C=S.c1c[nH+]cc[nH+]1.c1cc[nH+]cc1.c1cc[nH+]cc1. The average Bonchev–Trinajstić information content (AvgIpc) is 2.86. The van der Waals surface area contributed by atoms with Crippen LogP contribution >= 0.6 is 61.1 Å². The maximum atomic E-state index is 7.13. The molecule has 0 saturated carbocycles. The Balaban J connectivity index is -0.0000000676. The Morgan fingerprint density at radius 2 is 0.500 bits per heavy atom. The number of hydrogen-bond acceptors (Lipinski definition) is 5. The van der Waals surface area contributed by atoms with Crippen LogP contribution in [0.2, 0.25) is 0 Å². The van der Waals surface area contributed by atoms with Gasteiger partial charge in [-0.3, -0.25) is 0 Å². The summed E-state index contributed by atoms with van der Waals surface area (Å²) in [7, 11) is 0. The molecule has 0 bridgehead atoms. The number of thiocarbonyl (C=S) groups is 5. The summed E-state index contributed by atoms with van der Waals surface area (Å²) in [5.74, 6) is 0. The van der Waals surface area contributed by atoms with Gasteiger partial charge in [0.25, 0.3) is 0 Å². The molecule has 0 atom stereocenters. The molecule has 0 amide bonds. The number of hydrogen-bond donors (Lipinski definition) is 0. The first-order valence-corrected chi connectivity index (χ1v) is 9.82. The summed E-state index contributed by atoms with van der Waals surface area (Å²) >= 11 is 18.5. The zero-order valence-corrected chi connectivity index (χ0v) is 22.5. The normalized spacial score (nSPS) is 5.41. The van der Waals surface area contributed by atoms with Crippen molar-refractivity contribution < 1.29 is 37.0 Å². The smallest absolute Gasteiger partial charge is 0.231 e. The summed E-state index contributed by atoms with van der Waals surface area (Å²) in [6.07, 6.45) is 14.8. The van der Waals surface area contributed by atoms with Crippen molar-refractivity contribution >= 4 is 86.9 Å². The van der Waals surface area contributed by atoms with Crippen molar-refractivity contribution in [1.82, 2.24) is 0 Å². The van der Waals surface area contributed by atoms with Crippen LogP contribution in [0, 0.1) is 0 Å². The second-order valence-corrected chi connectivity index (χ2v) is 4.52. The summed E-state index contributed by atoms with van der Waals surface area (Å²) in [6.45, 7) is 0. The van der Waals surface area contributed by atoms with E-state index < -0.39 is 0 Å². The number of nitrogens with one attached hydrogen (secondary N) is 4. The second kappa shape index (κ2) is 63.1. The number of aromatic amines is 4. The standard InChI is InChI=1S/2C5H5N.C4H4N2.5CNS.Mn/c2*1-2-4-6-5-3-1;1-2-6-4-3-5-1;5*2-1-3;/h2*1-5H;1-4H;;;;;;/q;;;5*-1;/p+4. The summed E-state index contributed by atoms with van der Waals surface area (Å²) in [5.41, 5.74) is 0. The van der Waals surface area contributed by atoms with Gasteiger partial charge in [-0.05, 0) is 0 Å². The molecule has 9 nitrogen and oxygen atoms in total. The van der Waals surface area contributed by atoms with Crippen molar-refractivity contribution in [2.45, 2.75) is 0 Å². The molecule has 0 saturated heterocycles. The predicted molar refractivity (Wildman–Crippen MR) is 145 cm³/mol. The molecule has 3 aromatic rings. The first-order valence-electron chi connectivity index (χ1n) is 7.78. The Morgan fingerprint density at radius 3 is 0.559 bits per heavy atom. The second-order valence-electron chi connectivity index (χ2n) is 3.61. The van der Waals surface area contributed by atoms with Gasteiger partial charge in [0.1, 0.15) is 0 Å². The minimum atomic E-state index is 0. The third-order valence-corrected chi connectivity index (χ3v) is 1.77. The summed E-state index contributed by atoms with van der Waals surface area (Å²) in [4.78, 5) is 11.5. The van der Waals surface area contributed by atoms with E-state index in [0.29, 0.717) is 0 Å². The van der Waals surface area contributed by atoms with Gasteiger partial charge in [0.2, 0.25) is 24.8 Å². The molecule has 3 heterocycles. The summed E-state index contributed by atoms with van der Waals surface area (Å²) in [6, 6.07) is 11.7. The van der Waals surface area contributed by atoms with Crippen molar-refractivity contribution in [3.63, 3.8) is 0 Å². The molecule has 0 aromatic carbocycles. The number of isothiocyanates is 5. The Bertz CT molecular complexity index is 667. The molecule has 3 rings (SSSR count). The Kier molecular flexibility index (Phi) is 82.6. The molecule has 0 spiro atoms. The number of H-pyrrole nitrogens is 4. The van der Waals surface area contributed by atoms with Gasteiger partial charge >= 0.3 is 0 Å². The molecule has 0 fully saturated rings. The van der Waals surface area contributed by atoms with E-state index in [4.69, 9.17) is 27.0 Å². The van der Waals surface area contributed by atoms with Crippen molar-refractivity contribution in [2.24, 2.45) is 0 Å². The van der Waals surface area contributed by atoms with Crippen molar-refractivity contribution in [2.75, 3.05) is 0 Å². The topological polar surface area (TPSA) is 168 Å². The zero-order valence-electron chi connectivity index (χ0n) is 17.2. The summed E-state index contributed by atoms with van der Waals surface area (Å²) < 4.78 is 0. The molecular formula is C19H18MnN9S5-. The van der Waals surface area contributed by atoms with E-state index in [1.165, 1.54) is 25.8 Å². The van der Waals surface area contributed by atoms with E-state index in [1.54, 1.807) is 0 Å². The van der Waals surface area contributed by atoms with Gasteiger partial charge in [-0.15, -0.1) is 0 Å². The molecule has 0 aliphatic carbocycles. The third kappa shape index (κ3) is 101. The van der Waals surface area contributed by atoms with Gasteiger partial charge in [-0.25, -0.2) is 19.9 Å². The molecule has 4 N–H and O–H groups in total. The van der Waals surface area contributed by atoms with Crippen molar-refractivity contribution in [3.8, 4) is 0 Å². The molecule has 177 valence electrons. The van der Waals surface area contributed by atoms with E-state index >= 15 is 0 Å². The first-order chi connectivity index (χ1) is 16.1. The monoisotopic (exact) mass is 587 g/mol. The Morgan fingerprint density at radius 1 is 0.353 bits per heavy atom. The minimum absolute atomic E-state index is 0. The van der Waals surface area contributed by atoms with Gasteiger partial charge in [0.05, 0.1) is 0 Å². The van der Waals surface area contributed by atoms with Crippen LogP contribution < -0.4 is 19.9 Å². The number of nitrogens with zero attached hydrogens (tertiary/aromatic N) is 5. The van der Waals surface area contributed by atoms with E-state index in [1.807, 2.05) is 86.0 Å². The number of pyridine rings is 2. The molecular weight excluding hydrogens is 570 g/mol. The van der Waals surface area contributed by atoms with Crippen LogP contribution in [0.4, 0.5) is 0 Å². The van der Waals surface area contributed by atoms with Gasteiger partial charge in [-0.1, -0.05) is 73.2 Å². The fourth-order valence-electron chi connectivity index (χ4n) is 0.987. The van der Waals surface area contributed by atoms with Crippen LogP contribution in [0.3, 0.4) is 0 Å². The van der Waals surface area contributed by atoms with E-state index in [0.717, 1.165) is 0 Å². The zero-order chi connectivity index (χ0) is 26.3. The van der Waals surface area contributed by atoms with E-state index in [-0.39, 0.29) is 17.1 Å². The first kappa shape index (κ1) is 44.6. The summed E-state index contributed by atoms with van der Waals surface area (Å²) in [5, 5.41) is 42.3. The van der Waals surface area contributed by atoms with Crippen molar-refractivity contribution in [1.29, 1.82) is 0 Å². The van der Waals surface area contributed by atoms with Gasteiger partial charge < -0.3 is 27.0 Å². The number of aromatic nitrogens is 4. The maximum Gasteiger partial charge on any atom is 0.231 e. The van der Waals surface area contributed by atoms with Crippen LogP contribution in [0.15, 0.2) is 86.0 Å². The van der Waals surface area contributed by atoms with Crippen LogP contribution in [-0.2, 0) is 17.1 Å².